The minimum atomic E-state index is -0.546. The van der Waals surface area contributed by atoms with E-state index >= 15 is 0 Å². The summed E-state index contributed by atoms with van der Waals surface area (Å²) in [5, 5.41) is 16.0. The summed E-state index contributed by atoms with van der Waals surface area (Å²) in [6.45, 7) is 0.928. The van der Waals surface area contributed by atoms with Gasteiger partial charge in [0, 0.05) is 33.0 Å². The number of para-hydroxylation sites is 1. The Kier molecular flexibility index (Phi) is 4.70. The maximum atomic E-state index is 10.6. The van der Waals surface area contributed by atoms with Crippen LogP contribution in [0.15, 0.2) is 65.3 Å². The van der Waals surface area contributed by atoms with E-state index in [4.69, 9.17) is 7.85 Å². The van der Waals surface area contributed by atoms with Crippen molar-refractivity contribution in [2.24, 2.45) is 0 Å². The zero-order valence-corrected chi connectivity index (χ0v) is 15.6. The van der Waals surface area contributed by atoms with Crippen LogP contribution in [0.1, 0.15) is 0 Å². The van der Waals surface area contributed by atoms with E-state index < -0.39 is 6.10 Å². The highest BCUT2D eigenvalue weighted by molar-refractivity contribution is 9.10. The van der Waals surface area contributed by atoms with Crippen molar-refractivity contribution in [1.29, 1.82) is 0 Å². The number of benzene rings is 2. The standard InChI is InChI=1S/C20H17BBrN3O/c21-20-9-17-16-8-13(22)6-7-18(16)25(19(17)11-24-20)12-15(26)10-23-14-4-2-1-3-5-14/h1-9,11,15,23,26H,10,12H2. The fourth-order valence-electron chi connectivity index (χ4n) is 3.25. The summed E-state index contributed by atoms with van der Waals surface area (Å²) in [5.74, 6) is 0. The van der Waals surface area contributed by atoms with Crippen molar-refractivity contribution in [1.82, 2.24) is 9.55 Å². The Morgan fingerprint density at radius 3 is 2.65 bits per heavy atom. The Balaban J connectivity index is 1.66. The summed E-state index contributed by atoms with van der Waals surface area (Å²) in [6.07, 6.45) is 1.23. The van der Waals surface area contributed by atoms with Gasteiger partial charge in [-0.05, 0) is 42.0 Å². The van der Waals surface area contributed by atoms with Crippen molar-refractivity contribution in [2.75, 3.05) is 11.9 Å². The number of anilines is 1. The van der Waals surface area contributed by atoms with E-state index in [0.29, 0.717) is 18.7 Å². The Morgan fingerprint density at radius 1 is 1.08 bits per heavy atom. The zero-order chi connectivity index (χ0) is 18.1. The molecule has 128 valence electrons. The van der Waals surface area contributed by atoms with Crippen LogP contribution in [0.5, 0.6) is 0 Å². The predicted octanol–water partition coefficient (Wildman–Crippen LogP) is 3.22. The fraction of sp³-hybridized carbons (Fsp3) is 0.150. The number of fused-ring (bicyclic) bond motifs is 3. The van der Waals surface area contributed by atoms with Gasteiger partial charge in [-0.25, -0.2) is 0 Å². The van der Waals surface area contributed by atoms with Crippen LogP contribution in [0, 0.1) is 0 Å². The van der Waals surface area contributed by atoms with Gasteiger partial charge in [-0.3, -0.25) is 4.98 Å². The molecule has 0 saturated heterocycles. The van der Waals surface area contributed by atoms with Crippen molar-refractivity contribution in [2.45, 2.75) is 12.6 Å². The third-order valence-electron chi connectivity index (χ3n) is 4.44. The Hall–Kier alpha value is -2.31. The molecule has 0 amide bonds. The van der Waals surface area contributed by atoms with Gasteiger partial charge in [0.15, 0.2) is 0 Å². The van der Waals surface area contributed by atoms with Crippen LogP contribution < -0.4 is 10.9 Å². The van der Waals surface area contributed by atoms with E-state index in [1.165, 1.54) is 0 Å². The molecule has 26 heavy (non-hydrogen) atoms. The van der Waals surface area contributed by atoms with Gasteiger partial charge in [0.2, 0.25) is 0 Å². The van der Waals surface area contributed by atoms with Crippen molar-refractivity contribution in [3.05, 3.63) is 65.3 Å². The lowest BCUT2D eigenvalue weighted by Gasteiger charge is -2.15. The largest absolute Gasteiger partial charge is 0.389 e. The molecule has 0 spiro atoms. The van der Waals surface area contributed by atoms with E-state index in [-0.39, 0.29) is 0 Å². The average Bonchev–Trinajstić information content (AvgIpc) is 2.93. The highest BCUT2D eigenvalue weighted by Crippen LogP contribution is 2.30. The molecule has 2 radical (unpaired) electrons. The van der Waals surface area contributed by atoms with Gasteiger partial charge in [0.05, 0.1) is 24.4 Å². The Bertz CT molecular complexity index is 1010. The number of halogens is 1. The SMILES string of the molecule is [B]c1cc2c3cc(Br)ccc3n(CC(O)CNc3ccccc3)c2cn1. The van der Waals surface area contributed by atoms with E-state index in [1.807, 2.05) is 48.5 Å². The molecule has 1 atom stereocenters. The Labute approximate surface area is 161 Å². The highest BCUT2D eigenvalue weighted by atomic mass is 79.9. The van der Waals surface area contributed by atoms with E-state index in [2.05, 4.69) is 36.9 Å². The minimum Gasteiger partial charge on any atom is -0.389 e. The second-order valence-electron chi connectivity index (χ2n) is 6.30. The second kappa shape index (κ2) is 7.13. The van der Waals surface area contributed by atoms with Crippen molar-refractivity contribution in [3.8, 4) is 0 Å². The zero-order valence-electron chi connectivity index (χ0n) is 14.1. The smallest absolute Gasteiger partial charge is 0.141 e. The summed E-state index contributed by atoms with van der Waals surface area (Å²) < 4.78 is 3.10. The number of hydrogen-bond donors (Lipinski definition) is 2. The van der Waals surface area contributed by atoms with E-state index in [0.717, 1.165) is 32.0 Å². The van der Waals surface area contributed by atoms with Gasteiger partial charge < -0.3 is 15.0 Å². The highest BCUT2D eigenvalue weighted by Gasteiger charge is 2.14. The van der Waals surface area contributed by atoms with Gasteiger partial charge in [0.25, 0.3) is 0 Å². The molecule has 4 rings (SSSR count). The first-order chi connectivity index (χ1) is 12.6. The molecule has 2 aromatic heterocycles. The average molecular weight is 406 g/mol. The molecule has 4 nitrogen and oxygen atoms in total. The summed E-state index contributed by atoms with van der Waals surface area (Å²) >= 11 is 3.53. The van der Waals surface area contributed by atoms with Crippen LogP contribution in [0.4, 0.5) is 5.69 Å². The van der Waals surface area contributed by atoms with Crippen LogP contribution in [0.2, 0.25) is 0 Å². The molecule has 2 N–H and O–H groups in total. The lowest BCUT2D eigenvalue weighted by Crippen LogP contribution is -2.25. The third kappa shape index (κ3) is 3.35. The van der Waals surface area contributed by atoms with Gasteiger partial charge in [0.1, 0.15) is 7.85 Å². The van der Waals surface area contributed by atoms with E-state index in [9.17, 15) is 5.11 Å². The molecular weight excluding hydrogens is 389 g/mol. The molecule has 4 aromatic rings. The van der Waals surface area contributed by atoms with Gasteiger partial charge in [-0.1, -0.05) is 34.1 Å². The Morgan fingerprint density at radius 2 is 1.85 bits per heavy atom. The number of nitrogens with zero attached hydrogens (tertiary/aromatic N) is 2. The molecule has 0 fully saturated rings. The minimum absolute atomic E-state index is 0.462. The first kappa shape index (κ1) is 17.1. The van der Waals surface area contributed by atoms with Crippen LogP contribution in [0.25, 0.3) is 21.8 Å². The first-order valence-electron chi connectivity index (χ1n) is 8.42. The molecule has 0 aliphatic carbocycles. The second-order valence-corrected chi connectivity index (χ2v) is 7.21. The number of aliphatic hydroxyl groups excluding tert-OH is 1. The fourth-order valence-corrected chi connectivity index (χ4v) is 3.61. The molecule has 2 aromatic carbocycles. The quantitative estimate of drug-likeness (QED) is 0.501. The molecule has 0 aliphatic rings. The molecule has 6 heteroatoms. The molecular formula is C20H17BBrN3O. The molecule has 0 aliphatic heterocycles. The van der Waals surface area contributed by atoms with Gasteiger partial charge >= 0.3 is 0 Å². The maximum Gasteiger partial charge on any atom is 0.141 e. The number of aliphatic hydroxyl groups is 1. The normalized spacial score (nSPS) is 12.5. The van der Waals surface area contributed by atoms with Crippen LogP contribution in [-0.4, -0.2) is 35.2 Å². The number of hydrogen-bond acceptors (Lipinski definition) is 3. The first-order valence-corrected chi connectivity index (χ1v) is 9.21. The topological polar surface area (TPSA) is 50.1 Å². The molecule has 0 bridgehead atoms. The monoisotopic (exact) mass is 405 g/mol. The number of aromatic nitrogens is 2. The van der Waals surface area contributed by atoms with E-state index in [1.54, 1.807) is 6.20 Å². The third-order valence-corrected chi connectivity index (χ3v) is 4.94. The lowest BCUT2D eigenvalue weighted by atomic mass is 10.0. The maximum absolute atomic E-state index is 10.6. The predicted molar refractivity (Wildman–Crippen MR) is 111 cm³/mol. The molecule has 1 unspecified atom stereocenters. The van der Waals surface area contributed by atoms with Crippen molar-refractivity contribution < 1.29 is 5.11 Å². The number of nitrogens with one attached hydrogen (secondary N) is 1. The molecule has 2 heterocycles. The summed E-state index contributed by atoms with van der Waals surface area (Å²) in [7, 11) is 5.88. The summed E-state index contributed by atoms with van der Waals surface area (Å²) in [4.78, 5) is 4.23. The van der Waals surface area contributed by atoms with Gasteiger partial charge in [-0.15, -0.1) is 0 Å². The van der Waals surface area contributed by atoms with Crippen LogP contribution in [-0.2, 0) is 6.54 Å². The van der Waals surface area contributed by atoms with Crippen molar-refractivity contribution in [3.63, 3.8) is 0 Å². The van der Waals surface area contributed by atoms with Gasteiger partial charge in [-0.2, -0.15) is 0 Å². The molecule has 0 saturated carbocycles. The van der Waals surface area contributed by atoms with Crippen molar-refractivity contribution >= 4 is 56.9 Å². The van der Waals surface area contributed by atoms with Crippen LogP contribution >= 0.6 is 15.9 Å². The summed E-state index contributed by atoms with van der Waals surface area (Å²) in [5.41, 5.74) is 3.50. The summed E-state index contributed by atoms with van der Waals surface area (Å²) in [6, 6.07) is 17.9. The van der Waals surface area contributed by atoms with Crippen LogP contribution in [0.3, 0.4) is 0 Å². The number of rotatable bonds is 5. The lowest BCUT2D eigenvalue weighted by molar-refractivity contribution is 0.169. The number of pyridine rings is 1.